The van der Waals surface area contributed by atoms with Gasteiger partial charge in [0.1, 0.15) is 6.04 Å². The van der Waals surface area contributed by atoms with Gasteiger partial charge in [-0.1, -0.05) is 20.8 Å². The molecule has 0 saturated heterocycles. The second-order valence-electron chi connectivity index (χ2n) is 5.49. The highest BCUT2D eigenvalue weighted by Crippen LogP contribution is 2.13. The van der Waals surface area contributed by atoms with Gasteiger partial charge >= 0.3 is 0 Å². The molecule has 1 atom stereocenters. The van der Waals surface area contributed by atoms with E-state index in [0.29, 0.717) is 13.2 Å². The standard InChI is InChI=1S/C13H26N2O4/c1-10(14-12(18)13(2,3)4)11(17)15(6-8-16)7-9-19-5/h10,16H,6-9H2,1-5H3,(H,14,18). The van der Waals surface area contributed by atoms with Crippen LogP contribution in [0.4, 0.5) is 0 Å². The van der Waals surface area contributed by atoms with Crippen LogP contribution in [0.3, 0.4) is 0 Å². The zero-order valence-electron chi connectivity index (χ0n) is 12.5. The number of nitrogens with one attached hydrogen (secondary N) is 1. The lowest BCUT2D eigenvalue weighted by Crippen LogP contribution is -2.50. The fraction of sp³-hybridized carbons (Fsp3) is 0.846. The van der Waals surface area contributed by atoms with E-state index in [1.54, 1.807) is 34.8 Å². The minimum absolute atomic E-state index is 0.116. The first-order valence-electron chi connectivity index (χ1n) is 6.43. The van der Waals surface area contributed by atoms with Crippen LogP contribution in [-0.2, 0) is 14.3 Å². The van der Waals surface area contributed by atoms with E-state index in [9.17, 15) is 9.59 Å². The number of methoxy groups -OCH3 is 1. The fourth-order valence-corrected chi connectivity index (χ4v) is 1.40. The van der Waals surface area contributed by atoms with Crippen LogP contribution in [0.5, 0.6) is 0 Å². The summed E-state index contributed by atoms with van der Waals surface area (Å²) in [6.07, 6.45) is 0. The largest absolute Gasteiger partial charge is 0.395 e. The van der Waals surface area contributed by atoms with Gasteiger partial charge in [-0.15, -0.1) is 0 Å². The molecule has 0 aromatic rings. The first-order chi connectivity index (χ1) is 8.73. The third-order valence-electron chi connectivity index (χ3n) is 2.65. The number of carbonyl (C=O) groups is 2. The molecule has 6 nitrogen and oxygen atoms in total. The number of carbonyl (C=O) groups excluding carboxylic acids is 2. The van der Waals surface area contributed by atoms with Crippen molar-refractivity contribution in [1.82, 2.24) is 10.2 Å². The van der Waals surface area contributed by atoms with Gasteiger partial charge in [-0.3, -0.25) is 9.59 Å². The first kappa shape index (κ1) is 17.9. The molecule has 0 rings (SSSR count). The van der Waals surface area contributed by atoms with Crippen LogP contribution in [0.15, 0.2) is 0 Å². The number of aliphatic hydroxyl groups is 1. The van der Waals surface area contributed by atoms with Gasteiger partial charge in [0.05, 0.1) is 13.2 Å². The molecule has 6 heteroatoms. The van der Waals surface area contributed by atoms with Gasteiger partial charge in [-0.05, 0) is 6.92 Å². The van der Waals surface area contributed by atoms with Gasteiger partial charge in [-0.25, -0.2) is 0 Å². The van der Waals surface area contributed by atoms with Crippen LogP contribution < -0.4 is 5.32 Å². The quantitative estimate of drug-likeness (QED) is 0.685. The number of amides is 2. The lowest BCUT2D eigenvalue weighted by atomic mass is 9.95. The summed E-state index contributed by atoms with van der Waals surface area (Å²) in [6.45, 7) is 7.91. The van der Waals surface area contributed by atoms with Crippen LogP contribution in [0.25, 0.3) is 0 Å². The van der Waals surface area contributed by atoms with Crippen molar-refractivity contribution in [3.05, 3.63) is 0 Å². The van der Waals surface area contributed by atoms with Crippen molar-refractivity contribution in [2.75, 3.05) is 33.4 Å². The highest BCUT2D eigenvalue weighted by Gasteiger charge is 2.27. The number of ether oxygens (including phenoxy) is 1. The van der Waals surface area contributed by atoms with E-state index in [1.165, 1.54) is 4.90 Å². The molecular formula is C13H26N2O4. The minimum atomic E-state index is -0.616. The summed E-state index contributed by atoms with van der Waals surface area (Å²) in [7, 11) is 1.55. The molecule has 1 unspecified atom stereocenters. The minimum Gasteiger partial charge on any atom is -0.395 e. The van der Waals surface area contributed by atoms with Crippen molar-refractivity contribution in [3.63, 3.8) is 0 Å². The number of hydrogen-bond acceptors (Lipinski definition) is 4. The van der Waals surface area contributed by atoms with E-state index >= 15 is 0 Å². The molecule has 112 valence electrons. The predicted octanol–water partition coefficient (Wildman–Crippen LogP) is 0.00450. The number of nitrogens with zero attached hydrogens (tertiary/aromatic N) is 1. The Bertz CT molecular complexity index is 300. The van der Waals surface area contributed by atoms with Crippen molar-refractivity contribution < 1.29 is 19.4 Å². The summed E-state index contributed by atoms with van der Waals surface area (Å²) in [5, 5.41) is 11.6. The van der Waals surface area contributed by atoms with Gasteiger partial charge in [0, 0.05) is 25.6 Å². The van der Waals surface area contributed by atoms with Crippen molar-refractivity contribution in [1.29, 1.82) is 0 Å². The third kappa shape index (κ3) is 6.54. The van der Waals surface area contributed by atoms with Crippen molar-refractivity contribution in [3.8, 4) is 0 Å². The average molecular weight is 274 g/mol. The molecule has 2 amide bonds. The van der Waals surface area contributed by atoms with Crippen LogP contribution in [0.1, 0.15) is 27.7 Å². The molecule has 0 heterocycles. The molecule has 0 aromatic heterocycles. The summed E-state index contributed by atoms with van der Waals surface area (Å²) in [4.78, 5) is 25.4. The molecule has 19 heavy (non-hydrogen) atoms. The zero-order valence-corrected chi connectivity index (χ0v) is 12.5. The fourth-order valence-electron chi connectivity index (χ4n) is 1.40. The maximum absolute atomic E-state index is 12.1. The van der Waals surface area contributed by atoms with E-state index in [2.05, 4.69) is 5.32 Å². The molecule has 2 N–H and O–H groups in total. The summed E-state index contributed by atoms with van der Waals surface area (Å²) < 4.78 is 4.92. The third-order valence-corrected chi connectivity index (χ3v) is 2.65. The summed E-state index contributed by atoms with van der Waals surface area (Å²) >= 11 is 0. The molecule has 0 saturated carbocycles. The van der Waals surface area contributed by atoms with Gasteiger partial charge in [0.15, 0.2) is 0 Å². The molecule has 0 aliphatic rings. The summed E-state index contributed by atoms with van der Waals surface area (Å²) in [5.41, 5.74) is -0.539. The van der Waals surface area contributed by atoms with Crippen LogP contribution in [0, 0.1) is 5.41 Å². The van der Waals surface area contributed by atoms with Gasteiger partial charge in [0.25, 0.3) is 0 Å². The Hall–Kier alpha value is -1.14. The highest BCUT2D eigenvalue weighted by molar-refractivity contribution is 5.89. The first-order valence-corrected chi connectivity index (χ1v) is 6.43. The monoisotopic (exact) mass is 274 g/mol. The van der Waals surface area contributed by atoms with E-state index in [4.69, 9.17) is 9.84 Å². The second kappa shape index (κ2) is 8.12. The van der Waals surface area contributed by atoms with Crippen molar-refractivity contribution in [2.24, 2.45) is 5.41 Å². The van der Waals surface area contributed by atoms with Crippen LogP contribution in [0.2, 0.25) is 0 Å². The molecule has 0 fully saturated rings. The molecule has 0 aliphatic carbocycles. The highest BCUT2D eigenvalue weighted by atomic mass is 16.5. The van der Waals surface area contributed by atoms with Gasteiger partial charge < -0.3 is 20.1 Å². The number of aliphatic hydroxyl groups excluding tert-OH is 1. The maximum atomic E-state index is 12.1. The summed E-state index contributed by atoms with van der Waals surface area (Å²) in [5.74, 6) is -0.396. The summed E-state index contributed by atoms with van der Waals surface area (Å²) in [6, 6.07) is -0.616. The Kier molecular flexibility index (Phi) is 7.63. The van der Waals surface area contributed by atoms with E-state index in [1.807, 2.05) is 0 Å². The number of rotatable bonds is 7. The zero-order chi connectivity index (χ0) is 15.1. The van der Waals surface area contributed by atoms with E-state index in [0.717, 1.165) is 0 Å². The van der Waals surface area contributed by atoms with Gasteiger partial charge in [0.2, 0.25) is 11.8 Å². The molecular weight excluding hydrogens is 248 g/mol. The topological polar surface area (TPSA) is 78.9 Å². The Balaban J connectivity index is 4.53. The average Bonchev–Trinajstić information content (AvgIpc) is 2.32. The molecule has 0 radical (unpaired) electrons. The smallest absolute Gasteiger partial charge is 0.245 e. The Morgan fingerprint density at radius 3 is 2.32 bits per heavy atom. The second-order valence-corrected chi connectivity index (χ2v) is 5.49. The Morgan fingerprint density at radius 1 is 1.32 bits per heavy atom. The normalized spacial score (nSPS) is 12.9. The SMILES string of the molecule is COCCN(CCO)C(=O)C(C)NC(=O)C(C)(C)C. The van der Waals surface area contributed by atoms with Crippen LogP contribution >= 0.6 is 0 Å². The number of hydrogen-bond donors (Lipinski definition) is 2. The molecule has 0 aromatic carbocycles. The predicted molar refractivity (Wildman–Crippen MR) is 72.6 cm³/mol. The molecule has 0 spiro atoms. The molecule has 0 bridgehead atoms. The van der Waals surface area contributed by atoms with E-state index < -0.39 is 11.5 Å². The Labute approximate surface area is 115 Å². The van der Waals surface area contributed by atoms with Crippen LogP contribution in [-0.4, -0.2) is 61.3 Å². The van der Waals surface area contributed by atoms with Gasteiger partial charge in [-0.2, -0.15) is 0 Å². The van der Waals surface area contributed by atoms with E-state index in [-0.39, 0.29) is 25.0 Å². The lowest BCUT2D eigenvalue weighted by Gasteiger charge is -2.27. The Morgan fingerprint density at radius 2 is 1.89 bits per heavy atom. The van der Waals surface area contributed by atoms with Crippen molar-refractivity contribution in [2.45, 2.75) is 33.7 Å². The van der Waals surface area contributed by atoms with Crippen molar-refractivity contribution >= 4 is 11.8 Å². The maximum Gasteiger partial charge on any atom is 0.245 e. The lowest BCUT2D eigenvalue weighted by molar-refractivity contribution is -0.139. The molecule has 0 aliphatic heterocycles.